The van der Waals surface area contributed by atoms with Crippen LogP contribution in [0.5, 0.6) is 0 Å². The highest BCUT2D eigenvalue weighted by Gasteiger charge is 2.24. The second-order valence-corrected chi connectivity index (χ2v) is 6.76. The first-order chi connectivity index (χ1) is 11.3. The Morgan fingerprint density at radius 2 is 1.88 bits per heavy atom. The molecule has 2 unspecified atom stereocenters. The molecule has 0 amide bonds. The van der Waals surface area contributed by atoms with Crippen LogP contribution in [0.15, 0.2) is 29.3 Å². The number of hydrogen-bond donors (Lipinski definition) is 3. The fourth-order valence-electron chi connectivity index (χ4n) is 2.21. The lowest BCUT2D eigenvalue weighted by Gasteiger charge is -2.28. The predicted molar refractivity (Wildman–Crippen MR) is 95.6 cm³/mol. The molecule has 0 saturated heterocycles. The summed E-state index contributed by atoms with van der Waals surface area (Å²) in [5.41, 5.74) is 0.646. The van der Waals surface area contributed by atoms with Crippen molar-refractivity contribution in [1.29, 1.82) is 0 Å². The van der Waals surface area contributed by atoms with E-state index in [-0.39, 0.29) is 23.9 Å². The lowest BCUT2D eigenvalue weighted by molar-refractivity contribution is 0.0241. The predicted octanol–water partition coefficient (Wildman–Crippen LogP) is 2.48. The normalized spacial score (nSPS) is 15.0. The summed E-state index contributed by atoms with van der Waals surface area (Å²) < 4.78 is 18.4. The van der Waals surface area contributed by atoms with Crippen molar-refractivity contribution in [1.82, 2.24) is 10.6 Å². The number of methoxy groups -OCH3 is 1. The topological polar surface area (TPSA) is 65.9 Å². The summed E-state index contributed by atoms with van der Waals surface area (Å²) in [6.07, 6.45) is -0.745. The van der Waals surface area contributed by atoms with Crippen LogP contribution in [-0.4, -0.2) is 43.9 Å². The monoisotopic (exact) mass is 339 g/mol. The molecule has 0 spiro atoms. The summed E-state index contributed by atoms with van der Waals surface area (Å²) in [5, 5.41) is 16.4. The number of aliphatic imine (C=N–C) groups is 1. The lowest BCUT2D eigenvalue weighted by Crippen LogP contribution is -2.41. The molecule has 3 N–H and O–H groups in total. The molecular formula is C18H30FN3O2. The van der Waals surface area contributed by atoms with Crippen LogP contribution < -0.4 is 10.6 Å². The second kappa shape index (κ2) is 9.59. The minimum absolute atomic E-state index is 0.00465. The minimum Gasteiger partial charge on any atom is -0.387 e. The fourth-order valence-corrected chi connectivity index (χ4v) is 2.21. The molecule has 0 saturated carbocycles. The quantitative estimate of drug-likeness (QED) is 0.527. The fraction of sp³-hybridized carbons (Fsp3) is 0.611. The highest BCUT2D eigenvalue weighted by molar-refractivity contribution is 5.79. The van der Waals surface area contributed by atoms with Gasteiger partial charge in [0, 0.05) is 20.2 Å². The summed E-state index contributed by atoms with van der Waals surface area (Å²) in [6.45, 7) is 9.81. The SMILES string of the molecule is CCNC(=NCC(OC)C(C)(C)C)NCC(O)c1ccc(F)cc1. The van der Waals surface area contributed by atoms with Gasteiger partial charge in [-0.25, -0.2) is 4.39 Å². The number of aliphatic hydroxyl groups is 1. The van der Waals surface area contributed by atoms with Crippen LogP contribution in [0.2, 0.25) is 0 Å². The Hall–Kier alpha value is -1.66. The van der Waals surface area contributed by atoms with E-state index in [1.165, 1.54) is 12.1 Å². The molecule has 0 radical (unpaired) electrons. The van der Waals surface area contributed by atoms with Gasteiger partial charge in [0.05, 0.1) is 18.8 Å². The van der Waals surface area contributed by atoms with E-state index in [9.17, 15) is 9.50 Å². The molecule has 0 heterocycles. The first kappa shape index (κ1) is 20.4. The molecule has 1 rings (SSSR count). The van der Waals surface area contributed by atoms with E-state index in [2.05, 4.69) is 36.4 Å². The number of guanidine groups is 1. The van der Waals surface area contributed by atoms with Gasteiger partial charge in [-0.2, -0.15) is 0 Å². The van der Waals surface area contributed by atoms with Gasteiger partial charge in [0.15, 0.2) is 5.96 Å². The molecule has 0 aromatic heterocycles. The number of halogens is 1. The van der Waals surface area contributed by atoms with Crippen LogP contribution in [-0.2, 0) is 4.74 Å². The van der Waals surface area contributed by atoms with Crippen molar-refractivity contribution in [3.8, 4) is 0 Å². The molecule has 136 valence electrons. The van der Waals surface area contributed by atoms with Crippen LogP contribution in [0.1, 0.15) is 39.4 Å². The van der Waals surface area contributed by atoms with E-state index in [0.29, 0.717) is 24.6 Å². The van der Waals surface area contributed by atoms with Gasteiger partial charge in [-0.05, 0) is 30.0 Å². The molecule has 6 heteroatoms. The van der Waals surface area contributed by atoms with E-state index >= 15 is 0 Å². The van der Waals surface area contributed by atoms with Gasteiger partial charge in [-0.1, -0.05) is 32.9 Å². The van der Waals surface area contributed by atoms with Crippen molar-refractivity contribution in [3.05, 3.63) is 35.6 Å². The van der Waals surface area contributed by atoms with Crippen LogP contribution in [0.4, 0.5) is 4.39 Å². The highest BCUT2D eigenvalue weighted by Crippen LogP contribution is 2.21. The van der Waals surface area contributed by atoms with Crippen molar-refractivity contribution in [2.45, 2.75) is 39.9 Å². The molecule has 2 atom stereocenters. The summed E-state index contributed by atoms with van der Waals surface area (Å²) in [5.74, 6) is 0.298. The molecule has 0 fully saturated rings. The number of benzene rings is 1. The molecule has 5 nitrogen and oxygen atoms in total. The molecule has 0 aliphatic heterocycles. The standard InChI is InChI=1S/C18H30FN3O2/c1-6-20-17(22-12-16(24-5)18(2,3)4)21-11-15(23)13-7-9-14(19)10-8-13/h7-10,15-16,23H,6,11-12H2,1-5H3,(H2,20,21,22). The van der Waals surface area contributed by atoms with Crippen molar-refractivity contribution in [2.24, 2.45) is 10.4 Å². The van der Waals surface area contributed by atoms with Crippen molar-refractivity contribution >= 4 is 5.96 Å². The van der Waals surface area contributed by atoms with E-state index in [1.807, 2.05) is 6.92 Å². The number of rotatable bonds is 7. The minimum atomic E-state index is -0.740. The molecule has 1 aromatic rings. The van der Waals surface area contributed by atoms with Crippen molar-refractivity contribution < 1.29 is 14.2 Å². The molecule has 0 aliphatic carbocycles. The average Bonchev–Trinajstić information content (AvgIpc) is 2.52. The maximum atomic E-state index is 12.9. The summed E-state index contributed by atoms with van der Waals surface area (Å²) >= 11 is 0. The maximum Gasteiger partial charge on any atom is 0.191 e. The summed E-state index contributed by atoms with van der Waals surface area (Å²) in [7, 11) is 1.68. The molecular weight excluding hydrogens is 309 g/mol. The maximum absolute atomic E-state index is 12.9. The zero-order valence-electron chi connectivity index (χ0n) is 15.3. The van der Waals surface area contributed by atoms with Crippen LogP contribution >= 0.6 is 0 Å². The molecule has 1 aromatic carbocycles. The first-order valence-electron chi connectivity index (χ1n) is 8.26. The average molecular weight is 339 g/mol. The number of hydrogen-bond acceptors (Lipinski definition) is 3. The van der Waals surface area contributed by atoms with E-state index in [1.54, 1.807) is 19.2 Å². The molecule has 24 heavy (non-hydrogen) atoms. The third-order valence-corrected chi connectivity index (χ3v) is 3.73. The number of aliphatic hydroxyl groups excluding tert-OH is 1. The van der Waals surface area contributed by atoms with Gasteiger partial charge in [-0.15, -0.1) is 0 Å². The lowest BCUT2D eigenvalue weighted by atomic mass is 9.89. The van der Waals surface area contributed by atoms with Crippen LogP contribution in [0.25, 0.3) is 0 Å². The Balaban J connectivity index is 2.64. The number of ether oxygens (including phenoxy) is 1. The molecule has 0 aliphatic rings. The Labute approximate surface area is 144 Å². The number of nitrogens with zero attached hydrogens (tertiary/aromatic N) is 1. The Bertz CT molecular complexity index is 512. The van der Waals surface area contributed by atoms with Gasteiger partial charge in [0.25, 0.3) is 0 Å². The second-order valence-electron chi connectivity index (χ2n) is 6.76. The van der Waals surface area contributed by atoms with Gasteiger partial charge in [0.2, 0.25) is 0 Å². The number of nitrogens with one attached hydrogen (secondary N) is 2. The van der Waals surface area contributed by atoms with Crippen LogP contribution in [0, 0.1) is 11.2 Å². The van der Waals surface area contributed by atoms with E-state index < -0.39 is 6.10 Å². The Morgan fingerprint density at radius 1 is 1.25 bits per heavy atom. The smallest absolute Gasteiger partial charge is 0.191 e. The van der Waals surface area contributed by atoms with E-state index in [0.717, 1.165) is 0 Å². The Morgan fingerprint density at radius 3 is 2.38 bits per heavy atom. The summed E-state index contributed by atoms with van der Waals surface area (Å²) in [6, 6.07) is 5.83. The zero-order valence-corrected chi connectivity index (χ0v) is 15.3. The van der Waals surface area contributed by atoms with E-state index in [4.69, 9.17) is 4.74 Å². The van der Waals surface area contributed by atoms with Crippen molar-refractivity contribution in [2.75, 3.05) is 26.7 Å². The zero-order chi connectivity index (χ0) is 18.2. The van der Waals surface area contributed by atoms with Gasteiger partial charge in [0.1, 0.15) is 5.82 Å². The van der Waals surface area contributed by atoms with Gasteiger partial charge < -0.3 is 20.5 Å². The largest absolute Gasteiger partial charge is 0.387 e. The van der Waals surface area contributed by atoms with Gasteiger partial charge in [-0.3, -0.25) is 4.99 Å². The van der Waals surface area contributed by atoms with Crippen LogP contribution in [0.3, 0.4) is 0 Å². The third-order valence-electron chi connectivity index (χ3n) is 3.73. The van der Waals surface area contributed by atoms with Crippen molar-refractivity contribution in [3.63, 3.8) is 0 Å². The summed E-state index contributed by atoms with van der Waals surface area (Å²) in [4.78, 5) is 4.53. The third kappa shape index (κ3) is 6.84. The van der Waals surface area contributed by atoms with Gasteiger partial charge >= 0.3 is 0 Å². The first-order valence-corrected chi connectivity index (χ1v) is 8.26. The Kier molecular flexibility index (Phi) is 8.15. The highest BCUT2D eigenvalue weighted by atomic mass is 19.1. The molecule has 0 bridgehead atoms.